The molecule has 0 unspecified atom stereocenters. The molecule has 1 N–H and O–H groups in total. The van der Waals surface area contributed by atoms with Gasteiger partial charge in [-0.3, -0.25) is 10.1 Å². The standard InChI is InChI=1S/C17H18N6/c1-23(11-16-13-5-2-6-15(13)21-22-16)17-19-9-7-14(20-17)12-4-3-8-18-10-12/h3-4,7-10H,2,5-6,11H2,1H3,(H,21,22). The zero-order valence-corrected chi connectivity index (χ0v) is 13.0. The van der Waals surface area contributed by atoms with Gasteiger partial charge in [0, 0.05) is 36.9 Å². The molecule has 116 valence electrons. The molecule has 0 saturated heterocycles. The number of H-pyrrole nitrogens is 1. The van der Waals surface area contributed by atoms with E-state index >= 15 is 0 Å². The number of hydrogen-bond donors (Lipinski definition) is 1. The second-order valence-electron chi connectivity index (χ2n) is 5.82. The van der Waals surface area contributed by atoms with Gasteiger partial charge in [-0.2, -0.15) is 5.10 Å². The van der Waals surface area contributed by atoms with E-state index in [2.05, 4.69) is 25.1 Å². The van der Waals surface area contributed by atoms with E-state index in [4.69, 9.17) is 0 Å². The monoisotopic (exact) mass is 306 g/mol. The summed E-state index contributed by atoms with van der Waals surface area (Å²) in [7, 11) is 2.00. The second-order valence-corrected chi connectivity index (χ2v) is 5.82. The number of aromatic amines is 1. The summed E-state index contributed by atoms with van der Waals surface area (Å²) < 4.78 is 0. The molecule has 0 fully saturated rings. The third kappa shape index (κ3) is 2.67. The third-order valence-corrected chi connectivity index (χ3v) is 4.22. The molecule has 0 bridgehead atoms. The Kier molecular flexibility index (Phi) is 3.49. The summed E-state index contributed by atoms with van der Waals surface area (Å²) in [5.74, 6) is 0.695. The average Bonchev–Trinajstić information content (AvgIpc) is 3.21. The topological polar surface area (TPSA) is 70.6 Å². The molecule has 0 saturated carbocycles. The predicted molar refractivity (Wildman–Crippen MR) is 88.0 cm³/mol. The number of aryl methyl sites for hydroxylation is 1. The van der Waals surface area contributed by atoms with Gasteiger partial charge in [0.1, 0.15) is 0 Å². The molecule has 0 radical (unpaired) electrons. The van der Waals surface area contributed by atoms with Gasteiger partial charge in [-0.05, 0) is 43.0 Å². The van der Waals surface area contributed by atoms with Crippen molar-refractivity contribution in [1.82, 2.24) is 25.1 Å². The van der Waals surface area contributed by atoms with Crippen molar-refractivity contribution in [2.24, 2.45) is 0 Å². The van der Waals surface area contributed by atoms with E-state index in [-0.39, 0.29) is 0 Å². The molecular formula is C17H18N6. The summed E-state index contributed by atoms with van der Waals surface area (Å²) in [6, 6.07) is 5.81. The summed E-state index contributed by atoms with van der Waals surface area (Å²) in [4.78, 5) is 15.2. The maximum atomic E-state index is 4.65. The van der Waals surface area contributed by atoms with Crippen LogP contribution in [0.3, 0.4) is 0 Å². The van der Waals surface area contributed by atoms with Gasteiger partial charge < -0.3 is 4.90 Å². The van der Waals surface area contributed by atoms with Crippen LogP contribution in [-0.4, -0.2) is 32.2 Å². The first-order valence-electron chi connectivity index (χ1n) is 7.81. The molecule has 4 rings (SSSR count). The van der Waals surface area contributed by atoms with Crippen molar-refractivity contribution in [2.75, 3.05) is 11.9 Å². The van der Waals surface area contributed by atoms with Gasteiger partial charge in [-0.1, -0.05) is 0 Å². The number of nitrogens with zero attached hydrogens (tertiary/aromatic N) is 5. The van der Waals surface area contributed by atoms with Crippen LogP contribution in [-0.2, 0) is 19.4 Å². The summed E-state index contributed by atoms with van der Waals surface area (Å²) in [5, 5.41) is 7.61. The lowest BCUT2D eigenvalue weighted by Gasteiger charge is -2.16. The Morgan fingerprint density at radius 1 is 1.22 bits per heavy atom. The van der Waals surface area contributed by atoms with E-state index in [9.17, 15) is 0 Å². The molecule has 3 heterocycles. The Morgan fingerprint density at radius 2 is 2.17 bits per heavy atom. The van der Waals surface area contributed by atoms with E-state index in [0.717, 1.165) is 29.8 Å². The van der Waals surface area contributed by atoms with Crippen molar-refractivity contribution in [3.63, 3.8) is 0 Å². The van der Waals surface area contributed by atoms with Crippen LogP contribution in [0.15, 0.2) is 36.8 Å². The van der Waals surface area contributed by atoms with Crippen LogP contribution < -0.4 is 4.90 Å². The highest BCUT2D eigenvalue weighted by Crippen LogP contribution is 2.24. The SMILES string of the molecule is CN(Cc1n[nH]c2c1CCC2)c1nccc(-c2cccnc2)n1. The molecule has 0 aliphatic heterocycles. The first kappa shape index (κ1) is 13.9. The molecule has 0 atom stereocenters. The van der Waals surface area contributed by atoms with Crippen molar-refractivity contribution in [2.45, 2.75) is 25.8 Å². The fourth-order valence-corrected chi connectivity index (χ4v) is 3.02. The van der Waals surface area contributed by atoms with Crippen LogP contribution in [0.25, 0.3) is 11.3 Å². The van der Waals surface area contributed by atoms with E-state index in [1.807, 2.05) is 36.3 Å². The normalized spacial score (nSPS) is 13.1. The predicted octanol–water partition coefficient (Wildman–Crippen LogP) is 2.39. The van der Waals surface area contributed by atoms with Crippen LogP contribution in [0.4, 0.5) is 5.95 Å². The van der Waals surface area contributed by atoms with Crippen LogP contribution in [0.1, 0.15) is 23.4 Å². The van der Waals surface area contributed by atoms with E-state index in [0.29, 0.717) is 12.5 Å². The molecule has 6 nitrogen and oxygen atoms in total. The van der Waals surface area contributed by atoms with Gasteiger partial charge in [0.05, 0.1) is 17.9 Å². The zero-order chi connectivity index (χ0) is 15.6. The minimum Gasteiger partial charge on any atom is -0.338 e. The Bertz CT molecular complexity index is 811. The maximum Gasteiger partial charge on any atom is 0.225 e. The van der Waals surface area contributed by atoms with Gasteiger partial charge >= 0.3 is 0 Å². The van der Waals surface area contributed by atoms with Crippen LogP contribution in [0, 0.1) is 0 Å². The van der Waals surface area contributed by atoms with Crippen molar-refractivity contribution >= 4 is 5.95 Å². The van der Waals surface area contributed by atoms with E-state index in [1.54, 1.807) is 12.4 Å². The third-order valence-electron chi connectivity index (χ3n) is 4.22. The van der Waals surface area contributed by atoms with Gasteiger partial charge in [-0.25, -0.2) is 9.97 Å². The van der Waals surface area contributed by atoms with Crippen LogP contribution in [0.5, 0.6) is 0 Å². The Labute approximate surface area is 134 Å². The fraction of sp³-hybridized carbons (Fsp3) is 0.294. The van der Waals surface area contributed by atoms with Crippen molar-refractivity contribution in [1.29, 1.82) is 0 Å². The molecule has 0 spiro atoms. The second kappa shape index (κ2) is 5.79. The lowest BCUT2D eigenvalue weighted by Crippen LogP contribution is -2.20. The lowest BCUT2D eigenvalue weighted by atomic mass is 10.2. The quantitative estimate of drug-likeness (QED) is 0.801. The smallest absolute Gasteiger partial charge is 0.225 e. The molecule has 0 aromatic carbocycles. The van der Waals surface area contributed by atoms with Gasteiger partial charge in [0.2, 0.25) is 5.95 Å². The van der Waals surface area contributed by atoms with Crippen LogP contribution in [0.2, 0.25) is 0 Å². The summed E-state index contributed by atoms with van der Waals surface area (Å²) in [6.07, 6.45) is 8.80. The zero-order valence-electron chi connectivity index (χ0n) is 13.0. The summed E-state index contributed by atoms with van der Waals surface area (Å²) in [5.41, 5.74) is 5.64. The van der Waals surface area contributed by atoms with Crippen molar-refractivity contribution < 1.29 is 0 Å². The van der Waals surface area contributed by atoms with E-state index in [1.165, 1.54) is 17.7 Å². The average molecular weight is 306 g/mol. The number of aromatic nitrogens is 5. The van der Waals surface area contributed by atoms with Crippen molar-refractivity contribution in [3.8, 4) is 11.3 Å². The highest BCUT2D eigenvalue weighted by atomic mass is 15.2. The largest absolute Gasteiger partial charge is 0.338 e. The molecule has 0 amide bonds. The highest BCUT2D eigenvalue weighted by molar-refractivity contribution is 5.58. The Balaban J connectivity index is 1.58. The van der Waals surface area contributed by atoms with Gasteiger partial charge in [0.25, 0.3) is 0 Å². The fourth-order valence-electron chi connectivity index (χ4n) is 3.02. The number of nitrogens with one attached hydrogen (secondary N) is 1. The number of fused-ring (bicyclic) bond motifs is 1. The number of pyridine rings is 1. The number of anilines is 1. The lowest BCUT2D eigenvalue weighted by molar-refractivity contribution is 0.796. The molecule has 6 heteroatoms. The van der Waals surface area contributed by atoms with Gasteiger partial charge in [-0.15, -0.1) is 0 Å². The van der Waals surface area contributed by atoms with Crippen LogP contribution >= 0.6 is 0 Å². The highest BCUT2D eigenvalue weighted by Gasteiger charge is 2.19. The first-order valence-corrected chi connectivity index (χ1v) is 7.81. The Hall–Kier alpha value is -2.76. The minimum absolute atomic E-state index is 0.695. The summed E-state index contributed by atoms with van der Waals surface area (Å²) in [6.45, 7) is 0.711. The number of rotatable bonds is 4. The molecular weight excluding hydrogens is 288 g/mol. The first-order chi connectivity index (χ1) is 11.3. The molecule has 1 aliphatic rings. The molecule has 23 heavy (non-hydrogen) atoms. The molecule has 3 aromatic rings. The number of hydrogen-bond acceptors (Lipinski definition) is 5. The molecule has 3 aromatic heterocycles. The van der Waals surface area contributed by atoms with Gasteiger partial charge in [0.15, 0.2) is 0 Å². The Morgan fingerprint density at radius 3 is 3.04 bits per heavy atom. The maximum absolute atomic E-state index is 4.65. The minimum atomic E-state index is 0.695. The molecule has 1 aliphatic carbocycles. The van der Waals surface area contributed by atoms with E-state index < -0.39 is 0 Å². The summed E-state index contributed by atoms with van der Waals surface area (Å²) >= 11 is 0. The van der Waals surface area contributed by atoms with Crippen molar-refractivity contribution in [3.05, 3.63) is 53.7 Å².